The fraction of sp³-hybridized carbons (Fsp3) is 0.333. The van der Waals surface area contributed by atoms with Gasteiger partial charge in [0.15, 0.2) is 0 Å². The van der Waals surface area contributed by atoms with E-state index < -0.39 is 27.5 Å². The molecule has 0 bridgehead atoms. The smallest absolute Gasteiger partial charge is 0.326 e. The first kappa shape index (κ1) is 23.7. The van der Waals surface area contributed by atoms with Gasteiger partial charge in [-0.3, -0.25) is 14.3 Å². The molecule has 0 radical (unpaired) electrons. The van der Waals surface area contributed by atoms with Gasteiger partial charge in [-0.1, -0.05) is 23.7 Å². The number of ether oxygens (including phenoxy) is 1. The number of sulfonamides is 1. The minimum atomic E-state index is -3.95. The maximum absolute atomic E-state index is 12.8. The number of hydrogen-bond donors (Lipinski definition) is 1. The third-order valence-electron chi connectivity index (χ3n) is 3.88. The molecule has 2 aromatic carbocycles. The molecule has 0 aliphatic heterocycles. The Morgan fingerprint density at radius 1 is 1.13 bits per heavy atom. The second kappa shape index (κ2) is 9.06. The van der Waals surface area contributed by atoms with E-state index in [1.807, 2.05) is 13.0 Å². The van der Waals surface area contributed by atoms with Crippen molar-refractivity contribution in [2.24, 2.45) is 0 Å². The van der Waals surface area contributed by atoms with Crippen LogP contribution in [0.2, 0.25) is 5.02 Å². The minimum absolute atomic E-state index is 0.0326. The van der Waals surface area contributed by atoms with Gasteiger partial charge in [-0.25, -0.2) is 8.42 Å². The summed E-state index contributed by atoms with van der Waals surface area (Å²) in [5, 5.41) is 0.0746. The highest BCUT2D eigenvalue weighted by atomic mass is 35.5. The van der Waals surface area contributed by atoms with Crippen molar-refractivity contribution < 1.29 is 22.7 Å². The zero-order valence-electron chi connectivity index (χ0n) is 17.5. The summed E-state index contributed by atoms with van der Waals surface area (Å²) in [5.74, 6) is -1.18. The van der Waals surface area contributed by atoms with Crippen LogP contribution in [0.4, 0.5) is 5.69 Å². The average molecular weight is 453 g/mol. The number of esters is 1. The summed E-state index contributed by atoms with van der Waals surface area (Å²) in [4.78, 5) is 25.8. The fourth-order valence-corrected chi connectivity index (χ4v) is 3.88. The standard InChI is InChI=1S/C21H25ClN2O5S/c1-14-7-6-8-15(11-14)23-30(27,28)16-9-10-18(22)17(12-16)20(26)24(5)13-19(25)29-21(2,3)4/h6-12,23H,13H2,1-5H3. The van der Waals surface area contributed by atoms with E-state index in [9.17, 15) is 18.0 Å². The lowest BCUT2D eigenvalue weighted by atomic mass is 10.2. The van der Waals surface area contributed by atoms with E-state index in [0.717, 1.165) is 10.5 Å². The molecule has 2 aromatic rings. The number of anilines is 1. The summed E-state index contributed by atoms with van der Waals surface area (Å²) in [6.07, 6.45) is 0. The molecule has 0 saturated carbocycles. The summed E-state index contributed by atoms with van der Waals surface area (Å²) < 4.78 is 33.2. The molecular weight excluding hydrogens is 428 g/mol. The number of nitrogens with zero attached hydrogens (tertiary/aromatic N) is 1. The van der Waals surface area contributed by atoms with Crippen molar-refractivity contribution in [3.63, 3.8) is 0 Å². The van der Waals surface area contributed by atoms with Gasteiger partial charge >= 0.3 is 5.97 Å². The molecule has 0 fully saturated rings. The van der Waals surface area contributed by atoms with Gasteiger partial charge in [0.05, 0.1) is 15.5 Å². The molecule has 0 atom stereocenters. The Morgan fingerprint density at radius 3 is 2.40 bits per heavy atom. The van der Waals surface area contributed by atoms with Gasteiger partial charge in [-0.05, 0) is 63.6 Å². The summed E-state index contributed by atoms with van der Waals surface area (Å²) in [7, 11) is -2.54. The molecule has 2 rings (SSSR count). The molecule has 1 amide bonds. The monoisotopic (exact) mass is 452 g/mol. The lowest BCUT2D eigenvalue weighted by Crippen LogP contribution is -2.36. The predicted molar refractivity (Wildman–Crippen MR) is 116 cm³/mol. The van der Waals surface area contributed by atoms with E-state index in [0.29, 0.717) is 5.69 Å². The summed E-state index contributed by atoms with van der Waals surface area (Å²) in [6, 6.07) is 10.7. The van der Waals surface area contributed by atoms with Crippen molar-refractivity contribution >= 4 is 39.2 Å². The Labute approximate surface area is 182 Å². The van der Waals surface area contributed by atoms with Crippen LogP contribution in [0, 0.1) is 6.92 Å². The van der Waals surface area contributed by atoms with E-state index in [1.165, 1.54) is 25.2 Å². The zero-order valence-corrected chi connectivity index (χ0v) is 19.1. The molecule has 0 aromatic heterocycles. The van der Waals surface area contributed by atoms with Crippen LogP contribution < -0.4 is 4.72 Å². The highest BCUT2D eigenvalue weighted by molar-refractivity contribution is 7.92. The second-order valence-electron chi connectivity index (χ2n) is 7.86. The third-order valence-corrected chi connectivity index (χ3v) is 5.59. The Bertz CT molecular complexity index is 1060. The molecule has 9 heteroatoms. The van der Waals surface area contributed by atoms with Gasteiger partial charge in [0.25, 0.3) is 15.9 Å². The molecule has 30 heavy (non-hydrogen) atoms. The van der Waals surface area contributed by atoms with Gasteiger partial charge < -0.3 is 9.64 Å². The van der Waals surface area contributed by atoms with Crippen molar-refractivity contribution in [3.8, 4) is 0 Å². The maximum atomic E-state index is 12.8. The number of nitrogens with one attached hydrogen (secondary N) is 1. The van der Waals surface area contributed by atoms with Crippen LogP contribution in [0.25, 0.3) is 0 Å². The number of aryl methyl sites for hydroxylation is 1. The Balaban J connectivity index is 2.25. The quantitative estimate of drug-likeness (QED) is 0.671. The highest BCUT2D eigenvalue weighted by Gasteiger charge is 2.24. The summed E-state index contributed by atoms with van der Waals surface area (Å²) >= 11 is 6.13. The molecule has 0 spiro atoms. The second-order valence-corrected chi connectivity index (χ2v) is 9.95. The molecule has 162 valence electrons. The van der Waals surface area contributed by atoms with Crippen LogP contribution in [0.5, 0.6) is 0 Å². The van der Waals surface area contributed by atoms with Gasteiger partial charge in [0, 0.05) is 12.7 Å². The number of rotatable bonds is 6. The van der Waals surface area contributed by atoms with E-state index in [-0.39, 0.29) is 22.0 Å². The molecule has 7 nitrogen and oxygen atoms in total. The topological polar surface area (TPSA) is 92.8 Å². The van der Waals surface area contributed by atoms with Gasteiger partial charge in [-0.15, -0.1) is 0 Å². The number of carbonyl (C=O) groups is 2. The van der Waals surface area contributed by atoms with Crippen molar-refractivity contribution in [2.45, 2.75) is 38.2 Å². The lowest BCUT2D eigenvalue weighted by Gasteiger charge is -2.23. The van der Waals surface area contributed by atoms with Crippen molar-refractivity contribution in [1.29, 1.82) is 0 Å². The van der Waals surface area contributed by atoms with Gasteiger partial charge in [-0.2, -0.15) is 0 Å². The number of likely N-dealkylation sites (N-methyl/N-ethyl adjacent to an activating group) is 1. The zero-order chi connectivity index (χ0) is 22.7. The fourth-order valence-electron chi connectivity index (χ4n) is 2.60. The third kappa shape index (κ3) is 6.47. The predicted octanol–water partition coefficient (Wildman–Crippen LogP) is 3.86. The molecule has 0 aliphatic rings. The molecule has 1 N–H and O–H groups in total. The number of carbonyl (C=O) groups excluding carboxylic acids is 2. The highest BCUT2D eigenvalue weighted by Crippen LogP contribution is 2.24. The van der Waals surface area contributed by atoms with E-state index in [1.54, 1.807) is 39.0 Å². The number of halogens is 1. The minimum Gasteiger partial charge on any atom is -0.459 e. The number of amides is 1. The van der Waals surface area contributed by atoms with E-state index >= 15 is 0 Å². The SMILES string of the molecule is Cc1cccc(NS(=O)(=O)c2ccc(Cl)c(C(=O)N(C)CC(=O)OC(C)(C)C)c2)c1. The van der Waals surface area contributed by atoms with Crippen LogP contribution in [0.1, 0.15) is 36.7 Å². The van der Waals surface area contributed by atoms with Crippen LogP contribution >= 0.6 is 11.6 Å². The van der Waals surface area contributed by atoms with Crippen molar-refractivity contribution in [1.82, 2.24) is 4.90 Å². The Morgan fingerprint density at radius 2 is 1.80 bits per heavy atom. The molecule has 0 aliphatic carbocycles. The first-order valence-electron chi connectivity index (χ1n) is 9.15. The van der Waals surface area contributed by atoms with E-state index in [2.05, 4.69) is 4.72 Å². The van der Waals surface area contributed by atoms with Crippen molar-refractivity contribution in [3.05, 3.63) is 58.6 Å². The molecule has 0 saturated heterocycles. The first-order chi connectivity index (χ1) is 13.8. The van der Waals surface area contributed by atoms with E-state index in [4.69, 9.17) is 16.3 Å². The van der Waals surface area contributed by atoms with Crippen LogP contribution in [-0.2, 0) is 19.6 Å². The molecule has 0 heterocycles. The van der Waals surface area contributed by atoms with Gasteiger partial charge in [0.1, 0.15) is 12.1 Å². The van der Waals surface area contributed by atoms with Crippen LogP contribution in [0.15, 0.2) is 47.4 Å². The maximum Gasteiger partial charge on any atom is 0.326 e. The molecular formula is C21H25ClN2O5S. The summed E-state index contributed by atoms with van der Waals surface area (Å²) in [6.45, 7) is 6.71. The lowest BCUT2D eigenvalue weighted by molar-refractivity contribution is -0.155. The average Bonchev–Trinajstić information content (AvgIpc) is 2.59. The Hall–Kier alpha value is -2.58. The molecule has 0 unspecified atom stereocenters. The normalized spacial score (nSPS) is 11.7. The first-order valence-corrected chi connectivity index (χ1v) is 11.0. The van der Waals surface area contributed by atoms with Crippen LogP contribution in [0.3, 0.4) is 0 Å². The Kier molecular flexibility index (Phi) is 7.15. The number of hydrogen-bond acceptors (Lipinski definition) is 5. The summed E-state index contributed by atoms with van der Waals surface area (Å²) in [5.41, 5.74) is 0.578. The van der Waals surface area contributed by atoms with Crippen molar-refractivity contribution in [2.75, 3.05) is 18.3 Å². The van der Waals surface area contributed by atoms with Gasteiger partial charge in [0.2, 0.25) is 0 Å². The number of benzene rings is 2. The van der Waals surface area contributed by atoms with Crippen LogP contribution in [-0.4, -0.2) is 44.4 Å². The largest absolute Gasteiger partial charge is 0.459 e.